The molecular formula is C29H33ClFN5O5. The zero-order chi connectivity index (χ0) is 29.1. The number of rotatable bonds is 4. The molecule has 3 aliphatic rings. The maximum atomic E-state index is 15.2. The summed E-state index contributed by atoms with van der Waals surface area (Å²) in [5.41, 5.74) is 0.596. The molecule has 10 nitrogen and oxygen atoms in total. The van der Waals surface area contributed by atoms with Crippen LogP contribution in [0.4, 0.5) is 15.0 Å². The second kappa shape index (κ2) is 12.3. The molecule has 41 heavy (non-hydrogen) atoms. The van der Waals surface area contributed by atoms with Crippen molar-refractivity contribution in [3.8, 4) is 0 Å². The van der Waals surface area contributed by atoms with Gasteiger partial charge in [-0.1, -0.05) is 29.8 Å². The van der Waals surface area contributed by atoms with E-state index in [-0.39, 0.29) is 29.8 Å². The van der Waals surface area contributed by atoms with Gasteiger partial charge in [0.2, 0.25) is 5.91 Å². The maximum absolute atomic E-state index is 15.2. The molecule has 2 amide bonds. The van der Waals surface area contributed by atoms with Crippen LogP contribution in [0.25, 0.3) is 0 Å². The highest BCUT2D eigenvalue weighted by atomic mass is 35.5. The molecule has 0 saturated carbocycles. The highest BCUT2D eigenvalue weighted by Crippen LogP contribution is 2.39. The highest BCUT2D eigenvalue weighted by Gasteiger charge is 2.46. The van der Waals surface area contributed by atoms with Crippen molar-refractivity contribution in [2.45, 2.75) is 25.1 Å². The molecule has 0 spiro atoms. The number of aliphatic hydroxyl groups excluding tert-OH is 1. The SMILES string of the molecule is COC(=O)N1CCN(C(=O)C2CN(c3ccc(=O)[nH]n3)C[C@H]2C2C=CC(O)=CC2F)CCCC1c1ccc(Cl)cc1. The van der Waals surface area contributed by atoms with E-state index in [1.54, 1.807) is 34.1 Å². The summed E-state index contributed by atoms with van der Waals surface area (Å²) in [6, 6.07) is 10.1. The summed E-state index contributed by atoms with van der Waals surface area (Å²) in [4.78, 5) is 43.8. The van der Waals surface area contributed by atoms with E-state index in [0.29, 0.717) is 49.9 Å². The van der Waals surface area contributed by atoms with Gasteiger partial charge in [0.25, 0.3) is 5.56 Å². The second-order valence-corrected chi connectivity index (χ2v) is 11.1. The quantitative estimate of drug-likeness (QED) is 0.559. The van der Waals surface area contributed by atoms with Gasteiger partial charge in [-0.25, -0.2) is 14.3 Å². The van der Waals surface area contributed by atoms with Crippen molar-refractivity contribution in [3.05, 3.63) is 81.3 Å². The van der Waals surface area contributed by atoms with Crippen molar-refractivity contribution < 1.29 is 23.8 Å². The van der Waals surface area contributed by atoms with E-state index in [2.05, 4.69) is 10.2 Å². The molecule has 1 aromatic heterocycles. The molecule has 3 heterocycles. The molecule has 2 N–H and O–H groups in total. The smallest absolute Gasteiger partial charge is 0.410 e. The zero-order valence-corrected chi connectivity index (χ0v) is 23.4. The van der Waals surface area contributed by atoms with E-state index in [1.165, 1.54) is 19.3 Å². The van der Waals surface area contributed by atoms with Crippen molar-refractivity contribution in [1.29, 1.82) is 0 Å². The Kier molecular flexibility index (Phi) is 8.63. The third-order valence-electron chi connectivity index (χ3n) is 8.22. The van der Waals surface area contributed by atoms with Crippen LogP contribution in [-0.2, 0) is 9.53 Å². The molecule has 2 aliphatic heterocycles. The molecule has 5 atom stereocenters. The fourth-order valence-electron chi connectivity index (χ4n) is 6.15. The first-order chi connectivity index (χ1) is 19.7. The first-order valence-corrected chi connectivity index (χ1v) is 14.1. The molecule has 2 saturated heterocycles. The fourth-order valence-corrected chi connectivity index (χ4v) is 6.28. The third kappa shape index (κ3) is 6.24. The lowest BCUT2D eigenvalue weighted by atomic mass is 9.78. The van der Waals surface area contributed by atoms with Crippen molar-refractivity contribution in [3.63, 3.8) is 0 Å². The normalized spacial score (nSPS) is 26.8. The first-order valence-electron chi connectivity index (χ1n) is 13.7. The van der Waals surface area contributed by atoms with Crippen molar-refractivity contribution in [2.24, 2.45) is 17.8 Å². The molecule has 12 heteroatoms. The number of ether oxygens (including phenoxy) is 1. The van der Waals surface area contributed by atoms with Gasteiger partial charge in [-0.2, -0.15) is 5.10 Å². The average Bonchev–Trinajstić information content (AvgIpc) is 3.38. The zero-order valence-electron chi connectivity index (χ0n) is 22.7. The molecule has 218 valence electrons. The lowest BCUT2D eigenvalue weighted by molar-refractivity contribution is -0.137. The van der Waals surface area contributed by atoms with Gasteiger partial charge in [0.15, 0.2) is 0 Å². The molecule has 2 aromatic rings. The van der Waals surface area contributed by atoms with E-state index in [0.717, 1.165) is 11.6 Å². The first kappa shape index (κ1) is 28.7. The molecule has 0 radical (unpaired) electrons. The number of carbonyl (C=O) groups excluding carboxylic acids is 2. The summed E-state index contributed by atoms with van der Waals surface area (Å²) in [6.07, 6.45) is 3.57. The van der Waals surface area contributed by atoms with Crippen molar-refractivity contribution in [1.82, 2.24) is 20.0 Å². The minimum absolute atomic E-state index is 0.129. The Hall–Kier alpha value is -3.86. The van der Waals surface area contributed by atoms with Crippen LogP contribution in [0.5, 0.6) is 0 Å². The van der Waals surface area contributed by atoms with Gasteiger partial charge in [0.05, 0.1) is 19.1 Å². The topological polar surface area (TPSA) is 119 Å². The number of aromatic amines is 1. The Labute approximate surface area is 242 Å². The van der Waals surface area contributed by atoms with Gasteiger partial charge < -0.3 is 19.6 Å². The predicted octanol–water partition coefficient (Wildman–Crippen LogP) is 3.87. The number of H-pyrrole nitrogens is 1. The van der Waals surface area contributed by atoms with Gasteiger partial charge in [0, 0.05) is 49.7 Å². The molecule has 1 aromatic carbocycles. The number of hydrogen-bond donors (Lipinski definition) is 2. The number of nitrogens with zero attached hydrogens (tertiary/aromatic N) is 4. The van der Waals surface area contributed by atoms with E-state index in [4.69, 9.17) is 16.3 Å². The minimum atomic E-state index is -1.45. The summed E-state index contributed by atoms with van der Waals surface area (Å²) in [5.74, 6) is -1.37. The van der Waals surface area contributed by atoms with Crippen LogP contribution in [0.15, 0.2) is 65.2 Å². The third-order valence-corrected chi connectivity index (χ3v) is 8.47. The number of allylic oxidation sites excluding steroid dienone is 3. The Morgan fingerprint density at radius 2 is 1.90 bits per heavy atom. The number of amides is 2. The Balaban J connectivity index is 1.37. The molecule has 1 aliphatic carbocycles. The number of aliphatic hydroxyl groups is 1. The van der Waals surface area contributed by atoms with Crippen LogP contribution >= 0.6 is 11.6 Å². The lowest BCUT2D eigenvalue weighted by Crippen LogP contribution is -2.48. The van der Waals surface area contributed by atoms with Gasteiger partial charge in [0.1, 0.15) is 17.7 Å². The van der Waals surface area contributed by atoms with Crippen LogP contribution in [0, 0.1) is 17.8 Å². The van der Waals surface area contributed by atoms with Crippen LogP contribution < -0.4 is 10.5 Å². The average molecular weight is 586 g/mol. The van der Waals surface area contributed by atoms with E-state index >= 15 is 4.39 Å². The minimum Gasteiger partial charge on any atom is -0.508 e. The Morgan fingerprint density at radius 1 is 1.12 bits per heavy atom. The fraction of sp³-hybridized carbons (Fsp3) is 0.448. The summed E-state index contributed by atoms with van der Waals surface area (Å²) in [6.45, 7) is 1.68. The predicted molar refractivity (Wildman–Crippen MR) is 151 cm³/mol. The van der Waals surface area contributed by atoms with Crippen LogP contribution in [-0.4, -0.2) is 83.1 Å². The summed E-state index contributed by atoms with van der Waals surface area (Å²) in [5, 5.41) is 16.9. The Bertz CT molecular complexity index is 1360. The number of aromatic nitrogens is 2. The van der Waals surface area contributed by atoms with Crippen LogP contribution in [0.1, 0.15) is 24.4 Å². The maximum Gasteiger partial charge on any atom is 0.410 e. The van der Waals surface area contributed by atoms with Gasteiger partial charge in [-0.05, 0) is 54.7 Å². The Morgan fingerprint density at radius 3 is 2.59 bits per heavy atom. The summed E-state index contributed by atoms with van der Waals surface area (Å²) in [7, 11) is 1.34. The molecular weight excluding hydrogens is 553 g/mol. The van der Waals surface area contributed by atoms with Crippen molar-refractivity contribution >= 4 is 29.4 Å². The van der Waals surface area contributed by atoms with Gasteiger partial charge in [-0.15, -0.1) is 0 Å². The number of hydrogen-bond acceptors (Lipinski definition) is 7. The number of anilines is 1. The second-order valence-electron chi connectivity index (χ2n) is 10.6. The molecule has 4 unspecified atom stereocenters. The standard InChI is InChI=1S/C29H33ClFN5O5/c1-41-29(40)36-14-13-34(12-2-3-25(36)18-4-6-19(30)7-5-18)28(39)23-17-35(26-10-11-27(38)33-32-26)16-22(23)21-9-8-20(37)15-24(21)31/h4-11,15,21-25,37H,2-3,12-14,16-17H2,1H3,(H,33,38)/t21?,22-,23?,24?,25?/m0/s1. The number of methoxy groups -OCH3 is 1. The van der Waals surface area contributed by atoms with Gasteiger partial charge >= 0.3 is 6.09 Å². The molecule has 2 fully saturated rings. The lowest BCUT2D eigenvalue weighted by Gasteiger charge is -2.38. The number of benzene rings is 1. The van der Waals surface area contributed by atoms with Crippen LogP contribution in [0.2, 0.25) is 5.02 Å². The number of alkyl halides is 1. The number of halogens is 2. The van der Waals surface area contributed by atoms with Crippen molar-refractivity contribution in [2.75, 3.05) is 44.7 Å². The van der Waals surface area contributed by atoms with E-state index < -0.39 is 30.0 Å². The van der Waals surface area contributed by atoms with Gasteiger partial charge in [-0.3, -0.25) is 14.5 Å². The largest absolute Gasteiger partial charge is 0.508 e. The molecule has 5 rings (SSSR count). The summed E-state index contributed by atoms with van der Waals surface area (Å²) < 4.78 is 20.3. The summed E-state index contributed by atoms with van der Waals surface area (Å²) >= 11 is 6.08. The number of carbonyl (C=O) groups is 2. The molecule has 0 bridgehead atoms. The van der Waals surface area contributed by atoms with E-state index in [1.807, 2.05) is 17.0 Å². The highest BCUT2D eigenvalue weighted by molar-refractivity contribution is 6.30. The monoisotopic (exact) mass is 585 g/mol. The van der Waals surface area contributed by atoms with E-state index in [9.17, 15) is 19.5 Å². The number of nitrogens with one attached hydrogen (secondary N) is 1. The van der Waals surface area contributed by atoms with Crippen LogP contribution in [0.3, 0.4) is 0 Å².